The van der Waals surface area contributed by atoms with E-state index in [2.05, 4.69) is 6.58 Å². The molecule has 0 fully saturated rings. The van der Waals surface area contributed by atoms with E-state index < -0.39 is 5.91 Å². The summed E-state index contributed by atoms with van der Waals surface area (Å²) in [6.07, 6.45) is 1.11. The number of likely N-dealkylation sites (N-methyl/N-ethyl adjacent to an activating group) is 1. The Balaban J connectivity index is 2.86. The molecule has 0 saturated carbocycles. The van der Waals surface area contributed by atoms with Crippen LogP contribution in [0.3, 0.4) is 0 Å². The lowest BCUT2D eigenvalue weighted by Crippen LogP contribution is -2.31. The molecule has 1 aromatic rings. The van der Waals surface area contributed by atoms with Crippen molar-refractivity contribution in [3.8, 4) is 0 Å². The Bertz CT molecular complexity index is 357. The Morgan fingerprint density at radius 2 is 1.86 bits per heavy atom. The Hall–Kier alpha value is -1.90. The lowest BCUT2D eigenvalue weighted by Gasteiger charge is -2.12. The van der Waals surface area contributed by atoms with Crippen molar-refractivity contribution >= 4 is 11.8 Å². The second-order valence-electron chi connectivity index (χ2n) is 2.77. The highest BCUT2D eigenvalue weighted by Gasteiger charge is 2.14. The van der Waals surface area contributed by atoms with Crippen LogP contribution in [0.2, 0.25) is 0 Å². The normalized spacial score (nSPS) is 9.21. The first kappa shape index (κ1) is 10.2. The van der Waals surface area contributed by atoms with Gasteiger partial charge in [-0.2, -0.15) is 0 Å². The fourth-order valence-electron chi connectivity index (χ4n) is 1.01. The lowest BCUT2D eigenvalue weighted by atomic mass is 10.2. The van der Waals surface area contributed by atoms with Gasteiger partial charge in [0.05, 0.1) is 0 Å². The third-order valence-electron chi connectivity index (χ3n) is 1.83. The first-order valence-electron chi connectivity index (χ1n) is 4.16. The molecule has 0 bridgehead atoms. The molecule has 2 amide bonds. The van der Waals surface area contributed by atoms with E-state index in [-0.39, 0.29) is 5.91 Å². The fraction of sp³-hybridized carbons (Fsp3) is 0.0909. The number of nitrogens with zero attached hydrogens (tertiary/aromatic N) is 1. The minimum atomic E-state index is -0.404. The van der Waals surface area contributed by atoms with Crippen molar-refractivity contribution in [2.24, 2.45) is 0 Å². The summed E-state index contributed by atoms with van der Waals surface area (Å²) < 4.78 is 0. The van der Waals surface area contributed by atoms with Gasteiger partial charge in [-0.3, -0.25) is 14.5 Å². The molecule has 0 aliphatic rings. The largest absolute Gasteiger partial charge is 0.278 e. The average molecular weight is 189 g/mol. The molecule has 0 heterocycles. The van der Waals surface area contributed by atoms with E-state index in [9.17, 15) is 9.59 Å². The van der Waals surface area contributed by atoms with Crippen LogP contribution in [0.5, 0.6) is 0 Å². The summed E-state index contributed by atoms with van der Waals surface area (Å²) in [5.74, 6) is -0.727. The second kappa shape index (κ2) is 4.37. The molecule has 3 heteroatoms. The van der Waals surface area contributed by atoms with Crippen molar-refractivity contribution < 1.29 is 9.59 Å². The first-order chi connectivity index (χ1) is 6.66. The third-order valence-corrected chi connectivity index (χ3v) is 1.83. The predicted octanol–water partition coefficient (Wildman–Crippen LogP) is 1.47. The number of rotatable bonds is 2. The zero-order valence-corrected chi connectivity index (χ0v) is 7.93. The first-order valence-corrected chi connectivity index (χ1v) is 4.16. The van der Waals surface area contributed by atoms with Crippen molar-refractivity contribution in [1.82, 2.24) is 4.90 Å². The number of hydrogen-bond donors (Lipinski definition) is 0. The molecule has 72 valence electrons. The number of amides is 2. The van der Waals surface area contributed by atoms with Crippen LogP contribution in [0.25, 0.3) is 0 Å². The summed E-state index contributed by atoms with van der Waals surface area (Å²) in [6, 6.07) is 8.63. The monoisotopic (exact) mass is 189 g/mol. The minimum absolute atomic E-state index is 0.324. The minimum Gasteiger partial charge on any atom is -0.278 e. The van der Waals surface area contributed by atoms with Gasteiger partial charge in [-0.25, -0.2) is 0 Å². The van der Waals surface area contributed by atoms with Gasteiger partial charge < -0.3 is 0 Å². The van der Waals surface area contributed by atoms with Gasteiger partial charge in [0, 0.05) is 12.6 Å². The van der Waals surface area contributed by atoms with E-state index >= 15 is 0 Å². The van der Waals surface area contributed by atoms with Gasteiger partial charge in [0.2, 0.25) is 0 Å². The summed E-state index contributed by atoms with van der Waals surface area (Å²) in [4.78, 5) is 23.7. The van der Waals surface area contributed by atoms with Crippen LogP contribution in [-0.2, 0) is 4.79 Å². The topological polar surface area (TPSA) is 37.4 Å². The number of benzene rings is 1. The highest BCUT2D eigenvalue weighted by molar-refractivity contribution is 6.07. The van der Waals surface area contributed by atoms with E-state index in [1.807, 2.05) is 6.07 Å². The van der Waals surface area contributed by atoms with Crippen LogP contribution in [0, 0.1) is 0 Å². The van der Waals surface area contributed by atoms with Crippen molar-refractivity contribution in [3.63, 3.8) is 0 Å². The van der Waals surface area contributed by atoms with Gasteiger partial charge in [-0.05, 0) is 18.2 Å². The van der Waals surface area contributed by atoms with Gasteiger partial charge in [0.25, 0.3) is 11.8 Å². The predicted molar refractivity (Wildman–Crippen MR) is 53.7 cm³/mol. The molecule has 14 heavy (non-hydrogen) atoms. The number of hydrogen-bond acceptors (Lipinski definition) is 2. The molecular weight excluding hydrogens is 178 g/mol. The van der Waals surface area contributed by atoms with E-state index in [0.717, 1.165) is 11.0 Å². The molecule has 0 aromatic heterocycles. The van der Waals surface area contributed by atoms with E-state index in [0.29, 0.717) is 5.56 Å². The Morgan fingerprint density at radius 3 is 2.36 bits per heavy atom. The molecule has 0 aliphatic heterocycles. The van der Waals surface area contributed by atoms with Crippen LogP contribution in [-0.4, -0.2) is 23.8 Å². The molecule has 0 spiro atoms. The summed E-state index contributed by atoms with van der Waals surface area (Å²) in [6.45, 7) is 3.31. The standard InChI is InChI=1S/C11H11NO2/c1-3-10(13)12(2)11(14)9-7-5-4-6-8-9/h3-8H,1H2,2H3. The van der Waals surface area contributed by atoms with Gasteiger partial charge >= 0.3 is 0 Å². The maximum absolute atomic E-state index is 11.6. The highest BCUT2D eigenvalue weighted by Crippen LogP contribution is 2.03. The van der Waals surface area contributed by atoms with Gasteiger partial charge in [0.1, 0.15) is 0 Å². The Kier molecular flexibility index (Phi) is 3.18. The quantitative estimate of drug-likeness (QED) is 0.661. The second-order valence-corrected chi connectivity index (χ2v) is 2.77. The molecule has 0 radical (unpaired) electrons. The molecular formula is C11H11NO2. The van der Waals surface area contributed by atoms with Gasteiger partial charge in [-0.1, -0.05) is 24.8 Å². The molecule has 1 aromatic carbocycles. The summed E-state index contributed by atoms with van der Waals surface area (Å²) in [7, 11) is 1.43. The summed E-state index contributed by atoms with van der Waals surface area (Å²) in [5, 5.41) is 0. The Labute approximate surface area is 82.6 Å². The highest BCUT2D eigenvalue weighted by atomic mass is 16.2. The molecule has 3 nitrogen and oxygen atoms in total. The maximum Gasteiger partial charge on any atom is 0.260 e. The zero-order valence-electron chi connectivity index (χ0n) is 7.93. The SMILES string of the molecule is C=CC(=O)N(C)C(=O)c1ccccc1. The third kappa shape index (κ3) is 2.07. The van der Waals surface area contributed by atoms with Gasteiger partial charge in [-0.15, -0.1) is 0 Å². The molecule has 0 aliphatic carbocycles. The van der Waals surface area contributed by atoms with Crippen LogP contribution in [0.1, 0.15) is 10.4 Å². The molecule has 0 atom stereocenters. The van der Waals surface area contributed by atoms with Crippen molar-refractivity contribution in [1.29, 1.82) is 0 Å². The fourth-order valence-corrected chi connectivity index (χ4v) is 1.01. The molecule has 0 unspecified atom stereocenters. The number of carbonyl (C=O) groups excluding carboxylic acids is 2. The molecule has 0 saturated heterocycles. The maximum atomic E-state index is 11.6. The lowest BCUT2D eigenvalue weighted by molar-refractivity contribution is -0.122. The van der Waals surface area contributed by atoms with Crippen molar-refractivity contribution in [3.05, 3.63) is 48.6 Å². The van der Waals surface area contributed by atoms with Crippen LogP contribution >= 0.6 is 0 Å². The van der Waals surface area contributed by atoms with Crippen molar-refractivity contribution in [2.45, 2.75) is 0 Å². The Morgan fingerprint density at radius 1 is 1.29 bits per heavy atom. The average Bonchev–Trinajstić information content (AvgIpc) is 2.27. The summed E-state index contributed by atoms with van der Waals surface area (Å²) >= 11 is 0. The number of imide groups is 1. The zero-order chi connectivity index (χ0) is 10.6. The van der Waals surface area contributed by atoms with Crippen molar-refractivity contribution in [2.75, 3.05) is 7.05 Å². The molecule has 0 N–H and O–H groups in total. The van der Waals surface area contributed by atoms with Crippen LogP contribution < -0.4 is 0 Å². The van der Waals surface area contributed by atoms with E-state index in [1.165, 1.54) is 7.05 Å². The molecule has 1 rings (SSSR count). The van der Waals surface area contributed by atoms with Crippen LogP contribution in [0.4, 0.5) is 0 Å². The van der Waals surface area contributed by atoms with Gasteiger partial charge in [0.15, 0.2) is 0 Å². The summed E-state index contributed by atoms with van der Waals surface area (Å²) in [5.41, 5.74) is 0.491. The smallest absolute Gasteiger partial charge is 0.260 e. The van der Waals surface area contributed by atoms with E-state index in [4.69, 9.17) is 0 Å². The van der Waals surface area contributed by atoms with Crippen LogP contribution in [0.15, 0.2) is 43.0 Å². The number of carbonyl (C=O) groups is 2. The van der Waals surface area contributed by atoms with E-state index in [1.54, 1.807) is 24.3 Å².